The van der Waals surface area contributed by atoms with Gasteiger partial charge >= 0.3 is 0 Å². The Morgan fingerprint density at radius 2 is 2.29 bits per heavy atom. The fourth-order valence-corrected chi connectivity index (χ4v) is 2.72. The molecule has 0 aromatic carbocycles. The second-order valence-electron chi connectivity index (χ2n) is 5.06. The van der Waals surface area contributed by atoms with Crippen molar-refractivity contribution in [2.75, 3.05) is 13.1 Å². The number of aromatic nitrogens is 2. The highest BCUT2D eigenvalue weighted by molar-refractivity contribution is 5.26. The lowest BCUT2D eigenvalue weighted by Crippen LogP contribution is -2.31. The van der Waals surface area contributed by atoms with E-state index >= 15 is 0 Å². The van der Waals surface area contributed by atoms with Crippen LogP contribution in [0, 0.1) is 12.8 Å². The second kappa shape index (κ2) is 4.70. The van der Waals surface area contributed by atoms with Crippen LogP contribution >= 0.6 is 0 Å². The summed E-state index contributed by atoms with van der Waals surface area (Å²) in [6.07, 6.45) is 3.57. The molecule has 4 heteroatoms. The highest BCUT2D eigenvalue weighted by Gasteiger charge is 2.20. The zero-order chi connectivity index (χ0) is 11.7. The largest absolute Gasteiger partial charge is 0.370 e. The number of nitrogens with zero attached hydrogens (tertiary/aromatic N) is 2. The van der Waals surface area contributed by atoms with Gasteiger partial charge in [0.05, 0.1) is 18.9 Å². The molecule has 1 atom stereocenters. The highest BCUT2D eigenvalue weighted by atomic mass is 16.5. The summed E-state index contributed by atoms with van der Waals surface area (Å²) in [7, 11) is 0. The molecule has 3 rings (SSSR count). The summed E-state index contributed by atoms with van der Waals surface area (Å²) in [4.78, 5) is 9.26. The Hall–Kier alpha value is -1.00. The lowest BCUT2D eigenvalue weighted by Gasteiger charge is -2.22. The Bertz CT molecular complexity index is 413. The summed E-state index contributed by atoms with van der Waals surface area (Å²) in [6.45, 7) is 5.68. The summed E-state index contributed by atoms with van der Waals surface area (Å²) in [5, 5.41) is 3.44. The van der Waals surface area contributed by atoms with Crippen LogP contribution in [0.25, 0.3) is 0 Å². The van der Waals surface area contributed by atoms with E-state index in [1.165, 1.54) is 18.4 Å². The third-order valence-corrected chi connectivity index (χ3v) is 3.70. The van der Waals surface area contributed by atoms with Gasteiger partial charge in [-0.2, -0.15) is 0 Å². The molecular weight excluding hydrogens is 214 g/mol. The smallest absolute Gasteiger partial charge is 0.129 e. The molecule has 1 saturated heterocycles. The zero-order valence-electron chi connectivity index (χ0n) is 10.3. The molecule has 0 amide bonds. The summed E-state index contributed by atoms with van der Waals surface area (Å²) in [5.41, 5.74) is 3.41. The first-order valence-electron chi connectivity index (χ1n) is 6.46. The predicted octanol–water partition coefficient (Wildman–Crippen LogP) is 1.36. The molecule has 1 aromatic heterocycles. The van der Waals surface area contributed by atoms with Gasteiger partial charge in [-0.05, 0) is 38.8 Å². The number of nitrogens with one attached hydrogen (secondary N) is 1. The molecule has 2 aliphatic rings. The Morgan fingerprint density at radius 1 is 1.35 bits per heavy atom. The van der Waals surface area contributed by atoms with Crippen LogP contribution in [0.5, 0.6) is 0 Å². The van der Waals surface area contributed by atoms with Crippen molar-refractivity contribution in [2.24, 2.45) is 5.92 Å². The van der Waals surface area contributed by atoms with Gasteiger partial charge in [-0.25, -0.2) is 9.97 Å². The molecule has 0 aliphatic carbocycles. The number of fused-ring (bicyclic) bond motifs is 1. The predicted molar refractivity (Wildman–Crippen MR) is 64.6 cm³/mol. The molecule has 17 heavy (non-hydrogen) atoms. The number of ether oxygens (including phenoxy) is 1. The molecule has 92 valence electrons. The Morgan fingerprint density at radius 3 is 3.12 bits per heavy atom. The van der Waals surface area contributed by atoms with Crippen LogP contribution in [-0.2, 0) is 24.4 Å². The molecule has 1 N–H and O–H groups in total. The van der Waals surface area contributed by atoms with Crippen LogP contribution in [0.2, 0.25) is 0 Å². The van der Waals surface area contributed by atoms with E-state index in [-0.39, 0.29) is 0 Å². The minimum Gasteiger partial charge on any atom is -0.370 e. The summed E-state index contributed by atoms with van der Waals surface area (Å²) in [6, 6.07) is 0. The molecule has 3 heterocycles. The van der Waals surface area contributed by atoms with E-state index in [1.807, 2.05) is 0 Å². The standard InChI is InChI=1S/C13H19N3O/c1-9-11-7-17-8-12(11)16-13(15-9)5-10-3-2-4-14-6-10/h10,14H,2-8H2,1H3. The first kappa shape index (κ1) is 11.1. The van der Waals surface area contributed by atoms with Crippen LogP contribution in [0.1, 0.15) is 35.6 Å². The van der Waals surface area contributed by atoms with Gasteiger partial charge in [0, 0.05) is 17.7 Å². The molecule has 0 bridgehead atoms. The van der Waals surface area contributed by atoms with Crippen LogP contribution in [0.3, 0.4) is 0 Å². The summed E-state index contributed by atoms with van der Waals surface area (Å²) >= 11 is 0. The monoisotopic (exact) mass is 233 g/mol. The van der Waals surface area contributed by atoms with Crippen molar-refractivity contribution in [3.05, 3.63) is 22.8 Å². The van der Waals surface area contributed by atoms with E-state index in [2.05, 4.69) is 22.2 Å². The molecule has 4 nitrogen and oxygen atoms in total. The third-order valence-electron chi connectivity index (χ3n) is 3.70. The van der Waals surface area contributed by atoms with Gasteiger partial charge in [0.25, 0.3) is 0 Å². The minimum absolute atomic E-state index is 0.661. The topological polar surface area (TPSA) is 47.0 Å². The van der Waals surface area contributed by atoms with E-state index in [1.54, 1.807) is 0 Å². The Labute approximate surface area is 102 Å². The number of piperidine rings is 1. The van der Waals surface area contributed by atoms with Crippen molar-refractivity contribution in [3.8, 4) is 0 Å². The van der Waals surface area contributed by atoms with Gasteiger partial charge in [0.15, 0.2) is 0 Å². The normalized spacial score (nSPS) is 23.7. The highest BCUT2D eigenvalue weighted by Crippen LogP contribution is 2.22. The number of rotatable bonds is 2. The van der Waals surface area contributed by atoms with Gasteiger partial charge in [-0.1, -0.05) is 0 Å². The van der Waals surface area contributed by atoms with E-state index in [9.17, 15) is 0 Å². The number of hydrogen-bond acceptors (Lipinski definition) is 4. The molecule has 1 unspecified atom stereocenters. The molecular formula is C13H19N3O. The van der Waals surface area contributed by atoms with Gasteiger partial charge in [0.1, 0.15) is 5.82 Å². The maximum atomic E-state index is 5.43. The SMILES string of the molecule is Cc1nc(CC2CCCNC2)nc2c1COC2. The lowest BCUT2D eigenvalue weighted by molar-refractivity contribution is 0.133. The zero-order valence-corrected chi connectivity index (χ0v) is 10.3. The molecule has 0 saturated carbocycles. The van der Waals surface area contributed by atoms with Crippen LogP contribution in [0.4, 0.5) is 0 Å². The van der Waals surface area contributed by atoms with Gasteiger partial charge in [-0.3, -0.25) is 0 Å². The Kier molecular flexibility index (Phi) is 3.07. The van der Waals surface area contributed by atoms with Gasteiger partial charge in [-0.15, -0.1) is 0 Å². The maximum absolute atomic E-state index is 5.43. The third kappa shape index (κ3) is 2.33. The van der Waals surface area contributed by atoms with Crippen molar-refractivity contribution < 1.29 is 4.74 Å². The minimum atomic E-state index is 0.661. The quantitative estimate of drug-likeness (QED) is 0.838. The molecule has 2 aliphatic heterocycles. The fraction of sp³-hybridized carbons (Fsp3) is 0.692. The molecule has 1 aromatic rings. The average Bonchev–Trinajstić information content (AvgIpc) is 2.79. The van der Waals surface area contributed by atoms with Crippen molar-refractivity contribution in [1.82, 2.24) is 15.3 Å². The van der Waals surface area contributed by atoms with Crippen molar-refractivity contribution in [2.45, 2.75) is 39.4 Å². The molecule has 0 radical (unpaired) electrons. The molecule has 0 spiro atoms. The fourth-order valence-electron chi connectivity index (χ4n) is 2.72. The average molecular weight is 233 g/mol. The van der Waals surface area contributed by atoms with Crippen molar-refractivity contribution in [3.63, 3.8) is 0 Å². The van der Waals surface area contributed by atoms with E-state index in [0.29, 0.717) is 19.1 Å². The first-order chi connectivity index (χ1) is 8.33. The summed E-state index contributed by atoms with van der Waals surface area (Å²) in [5.74, 6) is 1.70. The summed E-state index contributed by atoms with van der Waals surface area (Å²) < 4.78 is 5.43. The number of hydrogen-bond donors (Lipinski definition) is 1. The lowest BCUT2D eigenvalue weighted by atomic mass is 9.96. The van der Waals surface area contributed by atoms with Crippen LogP contribution in [-0.4, -0.2) is 23.1 Å². The van der Waals surface area contributed by atoms with Crippen LogP contribution < -0.4 is 5.32 Å². The van der Waals surface area contributed by atoms with Crippen molar-refractivity contribution >= 4 is 0 Å². The van der Waals surface area contributed by atoms with E-state index in [0.717, 1.165) is 36.7 Å². The van der Waals surface area contributed by atoms with Crippen LogP contribution in [0.15, 0.2) is 0 Å². The van der Waals surface area contributed by atoms with E-state index in [4.69, 9.17) is 4.74 Å². The first-order valence-corrected chi connectivity index (χ1v) is 6.46. The van der Waals surface area contributed by atoms with E-state index < -0.39 is 0 Å². The molecule has 1 fully saturated rings. The van der Waals surface area contributed by atoms with Gasteiger partial charge in [0.2, 0.25) is 0 Å². The van der Waals surface area contributed by atoms with Gasteiger partial charge < -0.3 is 10.1 Å². The maximum Gasteiger partial charge on any atom is 0.129 e. The van der Waals surface area contributed by atoms with Crippen molar-refractivity contribution in [1.29, 1.82) is 0 Å². The Balaban J connectivity index is 1.76. The number of aryl methyl sites for hydroxylation is 1. The second-order valence-corrected chi connectivity index (χ2v) is 5.06.